The Labute approximate surface area is 207 Å². The molecular weight excluding hydrogens is 473 g/mol. The molecule has 167 valence electrons. The van der Waals surface area contributed by atoms with Crippen LogP contribution in [0, 0.1) is 5.41 Å². The topological polar surface area (TPSA) is 23.8 Å². The summed E-state index contributed by atoms with van der Waals surface area (Å²) in [6.07, 6.45) is 9.04. The number of hydrogen-bond donors (Lipinski definition) is 0. The fourth-order valence-corrected chi connectivity index (χ4v) is 5.07. The van der Waals surface area contributed by atoms with E-state index in [1.807, 2.05) is 0 Å². The van der Waals surface area contributed by atoms with Crippen molar-refractivity contribution in [2.75, 3.05) is 0 Å². The molecule has 2 aromatic rings. The number of benzene rings is 2. The average Bonchev–Trinajstić information content (AvgIpc) is 3.25. The van der Waals surface area contributed by atoms with E-state index in [1.165, 1.54) is 33.4 Å². The summed E-state index contributed by atoms with van der Waals surface area (Å²) in [5, 5.41) is 0. The summed E-state index contributed by atoms with van der Waals surface area (Å²) >= 11 is -0.181. The van der Waals surface area contributed by atoms with E-state index in [9.17, 15) is 0 Å². The Bertz CT molecular complexity index is 1080. The van der Waals surface area contributed by atoms with Crippen LogP contribution in [0.1, 0.15) is 63.1 Å². The minimum absolute atomic E-state index is 0.181. The molecule has 2 aliphatic rings. The van der Waals surface area contributed by atoms with E-state index in [2.05, 4.69) is 101 Å². The zero-order chi connectivity index (χ0) is 23.3. The van der Waals surface area contributed by atoms with E-state index in [4.69, 9.17) is 25.8 Å². The maximum atomic E-state index is 8.79. The van der Waals surface area contributed by atoms with Crippen molar-refractivity contribution in [2.45, 2.75) is 46.5 Å². The van der Waals surface area contributed by atoms with E-state index in [0.29, 0.717) is 5.70 Å². The Morgan fingerprint density at radius 2 is 1.66 bits per heavy atom. The molecule has 4 rings (SSSR count). The molecule has 0 fully saturated rings. The Hall–Kier alpha value is -1.69. The summed E-state index contributed by atoms with van der Waals surface area (Å²) in [7, 11) is 9.65. The van der Waals surface area contributed by atoms with E-state index < -0.39 is 0 Å². The van der Waals surface area contributed by atoms with Gasteiger partial charge in [-0.2, -0.15) is 0 Å². The third-order valence-corrected chi connectivity index (χ3v) is 6.84. The molecule has 2 unspecified atom stereocenters. The van der Waals surface area contributed by atoms with Crippen LogP contribution in [0.25, 0.3) is 17.4 Å². The van der Waals surface area contributed by atoms with Gasteiger partial charge in [0.15, 0.2) is 0 Å². The van der Waals surface area contributed by atoms with Gasteiger partial charge in [-0.25, -0.2) is 0 Å². The van der Waals surface area contributed by atoms with Gasteiger partial charge < -0.3 is 5.73 Å². The average molecular weight is 503 g/mol. The van der Waals surface area contributed by atoms with Crippen LogP contribution in [-0.2, 0) is 13.4 Å². The number of halogens is 2. The fraction of sp³-hybridized carbons (Fsp3) is 0.286. The van der Waals surface area contributed by atoms with Crippen LogP contribution in [0.4, 0.5) is 0 Å². The van der Waals surface area contributed by atoms with Crippen LogP contribution in [0.2, 0.25) is 0 Å². The van der Waals surface area contributed by atoms with Crippen molar-refractivity contribution in [1.82, 2.24) is 0 Å². The third-order valence-electron chi connectivity index (χ3n) is 6.84. The van der Waals surface area contributed by atoms with Gasteiger partial charge in [-0.15, -0.1) is 5.70 Å². The molecule has 0 radical (unpaired) electrons. The fourth-order valence-electron chi connectivity index (χ4n) is 5.07. The Balaban J connectivity index is 0.000000913. The van der Waals surface area contributed by atoms with E-state index in [1.54, 1.807) is 0 Å². The summed E-state index contributed by atoms with van der Waals surface area (Å²) in [6.45, 7) is 8.86. The van der Waals surface area contributed by atoms with Crippen molar-refractivity contribution < 1.29 is 13.4 Å². The predicted molar refractivity (Wildman–Crippen MR) is 137 cm³/mol. The molecule has 0 bridgehead atoms. The molecule has 0 amide bonds. The molecule has 32 heavy (non-hydrogen) atoms. The van der Waals surface area contributed by atoms with E-state index in [-0.39, 0.29) is 24.7 Å². The Kier molecular flexibility index (Phi) is 8.54. The molecule has 0 saturated carbocycles. The van der Waals surface area contributed by atoms with Crippen LogP contribution >= 0.6 is 20.1 Å². The molecule has 1 nitrogen and oxygen atoms in total. The van der Waals surface area contributed by atoms with Gasteiger partial charge in [0.05, 0.1) is 0 Å². The zero-order valence-corrected chi connectivity index (χ0v) is 21.9. The zero-order valence-electron chi connectivity index (χ0n) is 19.1. The van der Waals surface area contributed by atoms with Crippen LogP contribution in [-0.4, -0.2) is 0 Å². The number of rotatable bonds is 4. The second-order valence-corrected chi connectivity index (χ2v) is 10.7. The SMILES string of the molecule is CCCC(=C1C=C(C)C([NH-])=C(C)C1(C)C1C=Cc2ccccc21)c1ccccc1.[Cl][Cr+][Cl]. The van der Waals surface area contributed by atoms with Crippen molar-refractivity contribution in [3.8, 4) is 0 Å². The first-order valence-electron chi connectivity index (χ1n) is 11.0. The van der Waals surface area contributed by atoms with Crippen LogP contribution in [0.15, 0.2) is 89.2 Å². The number of fused-ring (bicyclic) bond motifs is 1. The number of allylic oxidation sites excluding steroid dienone is 6. The van der Waals surface area contributed by atoms with Crippen molar-refractivity contribution in [1.29, 1.82) is 0 Å². The molecule has 0 aromatic heterocycles. The normalized spacial score (nSPS) is 23.2. The van der Waals surface area contributed by atoms with Gasteiger partial charge in [0, 0.05) is 11.3 Å². The van der Waals surface area contributed by atoms with Gasteiger partial charge in [-0.1, -0.05) is 104 Å². The summed E-state index contributed by atoms with van der Waals surface area (Å²) in [4.78, 5) is 0. The molecule has 1 N–H and O–H groups in total. The molecule has 0 aliphatic heterocycles. The second-order valence-electron chi connectivity index (χ2n) is 8.56. The Morgan fingerprint density at radius 3 is 2.31 bits per heavy atom. The number of hydrogen-bond acceptors (Lipinski definition) is 0. The van der Waals surface area contributed by atoms with Gasteiger partial charge in [-0.3, -0.25) is 0 Å². The summed E-state index contributed by atoms with van der Waals surface area (Å²) < 4.78 is 0. The monoisotopic (exact) mass is 502 g/mol. The van der Waals surface area contributed by atoms with Gasteiger partial charge in [0.1, 0.15) is 0 Å². The summed E-state index contributed by atoms with van der Waals surface area (Å²) in [5.41, 5.74) is 18.3. The van der Waals surface area contributed by atoms with Crippen LogP contribution < -0.4 is 0 Å². The molecule has 0 spiro atoms. The molecule has 2 aliphatic carbocycles. The second kappa shape index (κ2) is 11.0. The van der Waals surface area contributed by atoms with Crippen LogP contribution in [0.3, 0.4) is 0 Å². The molecule has 2 atom stereocenters. The van der Waals surface area contributed by atoms with Gasteiger partial charge in [-0.05, 0) is 48.1 Å². The number of nitrogens with one attached hydrogen (secondary N) is 1. The first kappa shape index (κ1) is 24.9. The van der Waals surface area contributed by atoms with Gasteiger partial charge >= 0.3 is 33.5 Å². The molecule has 0 saturated heterocycles. The van der Waals surface area contributed by atoms with Crippen molar-refractivity contribution in [3.63, 3.8) is 0 Å². The first-order valence-corrected chi connectivity index (χ1v) is 14.5. The third kappa shape index (κ3) is 4.66. The van der Waals surface area contributed by atoms with Gasteiger partial charge in [0.2, 0.25) is 0 Å². The molecular formula is C28H30Cl2CrN. The maximum absolute atomic E-state index is 8.79. The van der Waals surface area contributed by atoms with E-state index >= 15 is 0 Å². The quantitative estimate of drug-likeness (QED) is 0.397. The van der Waals surface area contributed by atoms with Crippen molar-refractivity contribution in [2.24, 2.45) is 5.41 Å². The first-order chi connectivity index (χ1) is 15.4. The summed E-state index contributed by atoms with van der Waals surface area (Å²) in [6, 6.07) is 19.5. The van der Waals surface area contributed by atoms with E-state index in [0.717, 1.165) is 18.4 Å². The van der Waals surface area contributed by atoms with Crippen molar-refractivity contribution >= 4 is 31.7 Å². The Morgan fingerprint density at radius 1 is 1.03 bits per heavy atom. The molecule has 0 heterocycles. The van der Waals surface area contributed by atoms with Gasteiger partial charge in [0.25, 0.3) is 0 Å². The van der Waals surface area contributed by atoms with Crippen LogP contribution in [0.5, 0.6) is 0 Å². The minimum atomic E-state index is -0.236. The molecule has 2 aromatic carbocycles. The predicted octanol–water partition coefficient (Wildman–Crippen LogP) is 9.72. The summed E-state index contributed by atoms with van der Waals surface area (Å²) in [5.74, 6) is 0.244. The standard InChI is InChI=1S/C28H30N.2ClH.Cr/c1-5-11-23(21-12-7-6-8-13-21)26-18-19(2)27(29)20(3)28(26,4)25-17-16-22-14-9-10-15-24(22)25;;;/h6-10,12-18,25,29H,5,11H2,1-4H3;2*1H;/q-1;;;+3/p-2. The molecule has 4 heteroatoms. The van der Waals surface area contributed by atoms with Crippen molar-refractivity contribution in [3.05, 3.63) is 112 Å².